The van der Waals surface area contributed by atoms with E-state index in [1.165, 1.54) is 17.0 Å². The summed E-state index contributed by atoms with van der Waals surface area (Å²) in [5.74, 6) is -0.160. The summed E-state index contributed by atoms with van der Waals surface area (Å²) in [6, 6.07) is 8.32. The molecule has 0 saturated carbocycles. The van der Waals surface area contributed by atoms with Crippen LogP contribution in [0.25, 0.3) is 17.3 Å². The van der Waals surface area contributed by atoms with E-state index in [-0.39, 0.29) is 5.69 Å². The van der Waals surface area contributed by atoms with Crippen molar-refractivity contribution in [1.29, 1.82) is 0 Å². The molecule has 0 amide bonds. The van der Waals surface area contributed by atoms with E-state index in [1.54, 1.807) is 30.5 Å². The number of aromatic carboxylic acids is 1. The molecule has 0 fully saturated rings. The number of furan rings is 1. The molecule has 0 bridgehead atoms. The van der Waals surface area contributed by atoms with Crippen LogP contribution in [0.15, 0.2) is 51.7 Å². The zero-order chi connectivity index (χ0) is 14.1. The minimum absolute atomic E-state index is 0.0197. The van der Waals surface area contributed by atoms with Crippen molar-refractivity contribution < 1.29 is 14.3 Å². The number of hydrogen-bond donors (Lipinski definition) is 1. The first kappa shape index (κ1) is 12.6. The molecular formula is C13H8BrN3O3. The zero-order valence-corrected chi connectivity index (χ0v) is 11.6. The lowest BCUT2D eigenvalue weighted by Gasteiger charge is -2.02. The van der Waals surface area contributed by atoms with Crippen molar-refractivity contribution in [2.45, 2.75) is 0 Å². The number of rotatable bonds is 3. The minimum atomic E-state index is -1.08. The first-order chi connectivity index (χ1) is 9.65. The van der Waals surface area contributed by atoms with E-state index in [4.69, 9.17) is 4.42 Å². The highest BCUT2D eigenvalue weighted by atomic mass is 79.9. The zero-order valence-electron chi connectivity index (χ0n) is 10.0. The fourth-order valence-corrected chi connectivity index (χ4v) is 1.98. The normalized spacial score (nSPS) is 10.7. The molecule has 0 spiro atoms. The van der Waals surface area contributed by atoms with E-state index in [0.29, 0.717) is 17.3 Å². The molecule has 0 aliphatic rings. The molecule has 3 rings (SSSR count). The van der Waals surface area contributed by atoms with Gasteiger partial charge in [0.05, 0.1) is 6.26 Å². The molecule has 1 N–H and O–H groups in total. The third kappa shape index (κ3) is 2.23. The summed E-state index contributed by atoms with van der Waals surface area (Å²) < 4.78 is 7.30. The fourth-order valence-electron chi connectivity index (χ4n) is 1.75. The predicted octanol–water partition coefficient (Wildman–Crippen LogP) is 2.99. The van der Waals surface area contributed by atoms with Crippen LogP contribution in [0.1, 0.15) is 10.5 Å². The maximum atomic E-state index is 11.3. The summed E-state index contributed by atoms with van der Waals surface area (Å²) in [6.07, 6.45) is 3.09. The molecule has 0 aromatic carbocycles. The maximum absolute atomic E-state index is 11.3. The number of carboxylic acid groups (broad SMARTS) is 1. The van der Waals surface area contributed by atoms with Crippen molar-refractivity contribution >= 4 is 21.9 Å². The summed E-state index contributed by atoms with van der Waals surface area (Å²) >= 11 is 3.28. The number of halogens is 1. The average molecular weight is 334 g/mol. The number of aromatic nitrogens is 3. The van der Waals surface area contributed by atoms with Crippen LogP contribution < -0.4 is 0 Å². The van der Waals surface area contributed by atoms with Crippen molar-refractivity contribution in [3.63, 3.8) is 0 Å². The first-order valence-electron chi connectivity index (χ1n) is 5.64. The number of nitrogens with zero attached hydrogens (tertiary/aromatic N) is 3. The molecule has 3 aromatic heterocycles. The largest absolute Gasteiger partial charge is 0.477 e. The van der Waals surface area contributed by atoms with Gasteiger partial charge in [0, 0.05) is 16.7 Å². The van der Waals surface area contributed by atoms with Gasteiger partial charge in [-0.2, -0.15) is 5.10 Å². The SMILES string of the molecule is O=C(O)c1cc(-c2ccco2)nn1-c1ccc(Br)cn1. The summed E-state index contributed by atoms with van der Waals surface area (Å²) in [6.45, 7) is 0. The van der Waals surface area contributed by atoms with E-state index >= 15 is 0 Å². The van der Waals surface area contributed by atoms with Gasteiger partial charge in [-0.25, -0.2) is 14.5 Å². The summed E-state index contributed by atoms with van der Waals surface area (Å²) in [4.78, 5) is 15.5. The molecule has 100 valence electrons. The topological polar surface area (TPSA) is 81.1 Å². The molecule has 3 heterocycles. The molecule has 0 saturated heterocycles. The molecule has 0 atom stereocenters. The minimum Gasteiger partial charge on any atom is -0.477 e. The molecule has 0 aliphatic heterocycles. The highest BCUT2D eigenvalue weighted by Gasteiger charge is 2.18. The van der Waals surface area contributed by atoms with Crippen molar-refractivity contribution in [2.75, 3.05) is 0 Å². The summed E-state index contributed by atoms with van der Waals surface area (Å²) in [5, 5.41) is 13.5. The Morgan fingerprint density at radius 2 is 2.20 bits per heavy atom. The highest BCUT2D eigenvalue weighted by molar-refractivity contribution is 9.10. The maximum Gasteiger partial charge on any atom is 0.354 e. The van der Waals surface area contributed by atoms with Gasteiger partial charge >= 0.3 is 5.97 Å². The lowest BCUT2D eigenvalue weighted by molar-refractivity contribution is 0.0687. The van der Waals surface area contributed by atoms with E-state index in [2.05, 4.69) is 26.0 Å². The summed E-state index contributed by atoms with van der Waals surface area (Å²) in [5.41, 5.74) is 0.461. The molecule has 3 aromatic rings. The molecule has 0 aliphatic carbocycles. The van der Waals surface area contributed by atoms with Gasteiger partial charge in [0.1, 0.15) is 5.69 Å². The molecular weight excluding hydrogens is 326 g/mol. The predicted molar refractivity (Wildman–Crippen MR) is 73.7 cm³/mol. The van der Waals surface area contributed by atoms with E-state index in [0.717, 1.165) is 4.47 Å². The van der Waals surface area contributed by atoms with Gasteiger partial charge in [0.25, 0.3) is 0 Å². The Balaban J connectivity index is 2.14. The second kappa shape index (κ2) is 4.93. The Labute approximate surface area is 121 Å². The molecule has 7 heteroatoms. The van der Waals surface area contributed by atoms with Gasteiger partial charge < -0.3 is 9.52 Å². The van der Waals surface area contributed by atoms with E-state index < -0.39 is 5.97 Å². The highest BCUT2D eigenvalue weighted by Crippen LogP contribution is 2.22. The second-order valence-electron chi connectivity index (χ2n) is 3.94. The summed E-state index contributed by atoms with van der Waals surface area (Å²) in [7, 11) is 0. The Morgan fingerprint density at radius 3 is 2.80 bits per heavy atom. The number of carbonyl (C=O) groups is 1. The van der Waals surface area contributed by atoms with Gasteiger partial charge in [0.15, 0.2) is 17.3 Å². The standard InChI is InChI=1S/C13H8BrN3O3/c14-8-3-4-12(15-7-8)17-10(13(18)19)6-9(16-17)11-2-1-5-20-11/h1-7H,(H,18,19). The Morgan fingerprint density at radius 1 is 1.35 bits per heavy atom. The van der Waals surface area contributed by atoms with Crippen molar-refractivity contribution in [3.05, 3.63) is 53.0 Å². The second-order valence-corrected chi connectivity index (χ2v) is 4.86. The monoisotopic (exact) mass is 333 g/mol. The Kier molecular flexibility index (Phi) is 3.11. The van der Waals surface area contributed by atoms with Crippen LogP contribution in [0, 0.1) is 0 Å². The average Bonchev–Trinajstić information content (AvgIpc) is 3.08. The van der Waals surface area contributed by atoms with Crippen LogP contribution in [0.4, 0.5) is 0 Å². The Hall–Kier alpha value is -2.41. The fraction of sp³-hybridized carbons (Fsp3) is 0. The lowest BCUT2D eigenvalue weighted by Crippen LogP contribution is -2.09. The van der Waals surface area contributed by atoms with E-state index in [9.17, 15) is 9.90 Å². The van der Waals surface area contributed by atoms with Gasteiger partial charge in [-0.05, 0) is 40.2 Å². The van der Waals surface area contributed by atoms with Gasteiger partial charge in [-0.1, -0.05) is 0 Å². The van der Waals surface area contributed by atoms with Crippen LogP contribution in [0.5, 0.6) is 0 Å². The third-order valence-corrected chi connectivity index (χ3v) is 3.10. The van der Waals surface area contributed by atoms with Gasteiger partial charge in [0.2, 0.25) is 0 Å². The Bertz CT molecular complexity index is 748. The molecule has 6 nitrogen and oxygen atoms in total. The van der Waals surface area contributed by atoms with Gasteiger partial charge in [-0.15, -0.1) is 0 Å². The number of hydrogen-bond acceptors (Lipinski definition) is 4. The molecule has 20 heavy (non-hydrogen) atoms. The molecule has 0 unspecified atom stereocenters. The van der Waals surface area contributed by atoms with Crippen molar-refractivity contribution in [1.82, 2.24) is 14.8 Å². The van der Waals surface area contributed by atoms with Crippen LogP contribution in [0.2, 0.25) is 0 Å². The smallest absolute Gasteiger partial charge is 0.354 e. The third-order valence-electron chi connectivity index (χ3n) is 2.63. The first-order valence-corrected chi connectivity index (χ1v) is 6.43. The lowest BCUT2D eigenvalue weighted by atomic mass is 10.3. The van der Waals surface area contributed by atoms with Crippen LogP contribution in [-0.2, 0) is 0 Å². The van der Waals surface area contributed by atoms with Gasteiger partial charge in [-0.3, -0.25) is 0 Å². The van der Waals surface area contributed by atoms with Crippen LogP contribution >= 0.6 is 15.9 Å². The van der Waals surface area contributed by atoms with Crippen molar-refractivity contribution in [2.24, 2.45) is 0 Å². The molecule has 0 radical (unpaired) electrons. The number of carboxylic acids is 1. The quantitative estimate of drug-likeness (QED) is 0.796. The number of pyridine rings is 1. The van der Waals surface area contributed by atoms with Crippen molar-refractivity contribution in [3.8, 4) is 17.3 Å². The van der Waals surface area contributed by atoms with E-state index in [1.807, 2.05) is 0 Å². The van der Waals surface area contributed by atoms with Crippen LogP contribution in [-0.4, -0.2) is 25.8 Å². The van der Waals surface area contributed by atoms with Crippen LogP contribution in [0.3, 0.4) is 0 Å².